The van der Waals surface area contributed by atoms with Gasteiger partial charge in [-0.05, 0) is 24.3 Å². The molecule has 0 bridgehead atoms. The van der Waals surface area contributed by atoms with Gasteiger partial charge in [0.2, 0.25) is 0 Å². The lowest BCUT2D eigenvalue weighted by molar-refractivity contribution is -0.140. The van der Waals surface area contributed by atoms with Crippen molar-refractivity contribution in [3.8, 4) is 0 Å². The van der Waals surface area contributed by atoms with Crippen molar-refractivity contribution in [1.82, 2.24) is 4.98 Å². The molecule has 0 unspecified atom stereocenters. The van der Waals surface area contributed by atoms with Gasteiger partial charge in [-0.2, -0.15) is 13.2 Å². The number of anilines is 1. The fourth-order valence-corrected chi connectivity index (χ4v) is 1.75. The summed E-state index contributed by atoms with van der Waals surface area (Å²) in [6.07, 6.45) is -2.26. The number of carbonyl (C=O) groups is 1. The molecule has 1 amide bonds. The third-order valence-electron chi connectivity index (χ3n) is 2.86. The van der Waals surface area contributed by atoms with Gasteiger partial charge in [0.25, 0.3) is 5.91 Å². The maximum atomic E-state index is 13.2. The number of nitrogens with zero attached hydrogens (tertiary/aromatic N) is 1. The Morgan fingerprint density at radius 3 is 2.64 bits per heavy atom. The molecule has 0 radical (unpaired) electrons. The molecular weight excluding hydrogens is 304 g/mol. The van der Waals surface area contributed by atoms with Gasteiger partial charge in [-0.15, -0.1) is 0 Å². The molecule has 116 valence electrons. The molecule has 8 heteroatoms. The van der Waals surface area contributed by atoms with Gasteiger partial charge < -0.3 is 10.4 Å². The number of aliphatic hydroxyl groups excluding tert-OH is 1. The fourth-order valence-electron chi connectivity index (χ4n) is 1.75. The number of aliphatic hydroxyl groups is 1. The van der Waals surface area contributed by atoms with Crippen LogP contribution < -0.4 is 5.32 Å². The normalized spacial score (nSPS) is 11.3. The second kappa shape index (κ2) is 6.10. The summed E-state index contributed by atoms with van der Waals surface area (Å²) in [4.78, 5) is 15.7. The predicted molar refractivity (Wildman–Crippen MR) is 69.5 cm³/mol. The molecular formula is C14H10F4N2O2. The van der Waals surface area contributed by atoms with Gasteiger partial charge in [-0.1, -0.05) is 0 Å². The first-order chi connectivity index (χ1) is 10.3. The minimum atomic E-state index is -4.90. The number of carbonyl (C=O) groups excluding carboxylic acids is 1. The van der Waals surface area contributed by atoms with E-state index in [1.54, 1.807) is 0 Å². The smallest absolute Gasteiger partial charge is 0.392 e. The van der Waals surface area contributed by atoms with Gasteiger partial charge in [0.1, 0.15) is 5.82 Å². The first kappa shape index (κ1) is 15.9. The number of halogens is 4. The van der Waals surface area contributed by atoms with Crippen molar-refractivity contribution < 1.29 is 27.5 Å². The van der Waals surface area contributed by atoms with Crippen LogP contribution in [-0.2, 0) is 12.8 Å². The lowest BCUT2D eigenvalue weighted by Gasteiger charge is -2.11. The number of pyridine rings is 1. The summed E-state index contributed by atoms with van der Waals surface area (Å²) < 4.78 is 51.0. The van der Waals surface area contributed by atoms with E-state index >= 15 is 0 Å². The molecule has 0 saturated carbocycles. The zero-order valence-corrected chi connectivity index (χ0v) is 11.0. The number of hydrogen-bond donors (Lipinski definition) is 2. The molecule has 2 rings (SSSR count). The second-order valence-electron chi connectivity index (χ2n) is 4.34. The number of benzene rings is 1. The Labute approximate surface area is 122 Å². The average Bonchev–Trinajstić information content (AvgIpc) is 2.47. The molecule has 1 aromatic heterocycles. The van der Waals surface area contributed by atoms with Crippen molar-refractivity contribution in [1.29, 1.82) is 0 Å². The van der Waals surface area contributed by atoms with Gasteiger partial charge in [0.05, 0.1) is 24.1 Å². The van der Waals surface area contributed by atoms with Crippen molar-refractivity contribution in [3.63, 3.8) is 0 Å². The van der Waals surface area contributed by atoms with Crippen LogP contribution >= 0.6 is 0 Å². The highest BCUT2D eigenvalue weighted by Gasteiger charge is 2.34. The van der Waals surface area contributed by atoms with Gasteiger partial charge in [0, 0.05) is 17.3 Å². The minimum absolute atomic E-state index is 0.160. The summed E-state index contributed by atoms with van der Waals surface area (Å²) in [5, 5.41) is 11.4. The van der Waals surface area contributed by atoms with E-state index in [4.69, 9.17) is 5.11 Å². The standard InChI is InChI=1S/C14H10F4N2O2/c15-11-2-1-8(5-10(11)14(16,17)18)13(22)20-12-6-19-4-3-9(12)7-21/h1-6,21H,7H2,(H,20,22). The number of amides is 1. The predicted octanol–water partition coefficient (Wildman–Crippen LogP) is 2.98. The van der Waals surface area contributed by atoms with Gasteiger partial charge in [-0.3, -0.25) is 9.78 Å². The molecule has 1 heterocycles. The van der Waals surface area contributed by atoms with Crippen LogP contribution in [0.2, 0.25) is 0 Å². The summed E-state index contributed by atoms with van der Waals surface area (Å²) in [6, 6.07) is 3.39. The van der Waals surface area contributed by atoms with Gasteiger partial charge >= 0.3 is 6.18 Å². The monoisotopic (exact) mass is 314 g/mol. The summed E-state index contributed by atoms with van der Waals surface area (Å²) >= 11 is 0. The molecule has 0 aliphatic rings. The van der Waals surface area contributed by atoms with Crippen LogP contribution in [-0.4, -0.2) is 16.0 Å². The molecule has 0 aliphatic carbocycles. The quantitative estimate of drug-likeness (QED) is 0.856. The van der Waals surface area contributed by atoms with Crippen molar-refractivity contribution in [2.24, 2.45) is 0 Å². The molecule has 0 aliphatic heterocycles. The van der Waals surface area contributed by atoms with E-state index in [0.29, 0.717) is 17.7 Å². The average molecular weight is 314 g/mol. The molecule has 0 fully saturated rings. The van der Waals surface area contributed by atoms with Crippen molar-refractivity contribution in [2.45, 2.75) is 12.8 Å². The number of rotatable bonds is 3. The Morgan fingerprint density at radius 1 is 1.27 bits per heavy atom. The molecule has 22 heavy (non-hydrogen) atoms. The Balaban J connectivity index is 2.31. The number of alkyl halides is 3. The molecule has 0 spiro atoms. The zero-order valence-electron chi connectivity index (χ0n) is 11.0. The van der Waals surface area contributed by atoms with E-state index in [1.807, 2.05) is 0 Å². The van der Waals surface area contributed by atoms with E-state index < -0.39 is 23.5 Å². The summed E-state index contributed by atoms with van der Waals surface area (Å²) in [5.74, 6) is -2.32. The largest absolute Gasteiger partial charge is 0.419 e. The first-order valence-corrected chi connectivity index (χ1v) is 6.04. The van der Waals surface area contributed by atoms with Crippen LogP contribution in [0.15, 0.2) is 36.7 Å². The molecule has 1 aromatic carbocycles. The summed E-state index contributed by atoms with van der Waals surface area (Å²) in [6.45, 7) is -0.380. The van der Waals surface area contributed by atoms with Crippen LogP contribution in [0.1, 0.15) is 21.5 Å². The van der Waals surface area contributed by atoms with E-state index in [9.17, 15) is 22.4 Å². The Bertz CT molecular complexity index is 701. The molecule has 0 saturated heterocycles. The van der Waals surface area contributed by atoms with Crippen LogP contribution in [0.3, 0.4) is 0 Å². The molecule has 2 N–H and O–H groups in total. The van der Waals surface area contributed by atoms with Gasteiger partial charge in [0.15, 0.2) is 0 Å². The summed E-state index contributed by atoms with van der Waals surface area (Å²) in [5.41, 5.74) is -1.37. The van der Waals surface area contributed by atoms with Gasteiger partial charge in [-0.25, -0.2) is 4.39 Å². The first-order valence-electron chi connectivity index (χ1n) is 6.04. The summed E-state index contributed by atoms with van der Waals surface area (Å²) in [7, 11) is 0. The highest BCUT2D eigenvalue weighted by atomic mass is 19.4. The van der Waals surface area contributed by atoms with Crippen LogP contribution in [0.25, 0.3) is 0 Å². The van der Waals surface area contributed by atoms with Crippen LogP contribution in [0.5, 0.6) is 0 Å². The second-order valence-corrected chi connectivity index (χ2v) is 4.34. The van der Waals surface area contributed by atoms with Crippen LogP contribution in [0.4, 0.5) is 23.2 Å². The maximum absolute atomic E-state index is 13.2. The molecule has 2 aromatic rings. The fraction of sp³-hybridized carbons (Fsp3) is 0.143. The van der Waals surface area contributed by atoms with Crippen molar-refractivity contribution >= 4 is 11.6 Å². The lowest BCUT2D eigenvalue weighted by Crippen LogP contribution is -2.16. The zero-order chi connectivity index (χ0) is 16.3. The topological polar surface area (TPSA) is 62.2 Å². The third-order valence-corrected chi connectivity index (χ3v) is 2.86. The van der Waals surface area contributed by atoms with E-state index in [-0.39, 0.29) is 17.9 Å². The number of hydrogen-bond acceptors (Lipinski definition) is 3. The highest BCUT2D eigenvalue weighted by molar-refractivity contribution is 6.04. The maximum Gasteiger partial charge on any atom is 0.419 e. The Hall–Kier alpha value is -2.48. The molecule has 0 atom stereocenters. The SMILES string of the molecule is O=C(Nc1cnccc1CO)c1ccc(F)c(C(F)(F)F)c1. The lowest BCUT2D eigenvalue weighted by atomic mass is 10.1. The Kier molecular flexibility index (Phi) is 4.41. The third kappa shape index (κ3) is 3.40. The number of aromatic nitrogens is 1. The minimum Gasteiger partial charge on any atom is -0.392 e. The van der Waals surface area contributed by atoms with E-state index in [1.165, 1.54) is 18.5 Å². The van der Waals surface area contributed by atoms with E-state index in [0.717, 1.165) is 6.07 Å². The van der Waals surface area contributed by atoms with Crippen molar-refractivity contribution in [3.05, 3.63) is 59.2 Å². The van der Waals surface area contributed by atoms with E-state index in [2.05, 4.69) is 10.3 Å². The molecule has 4 nitrogen and oxygen atoms in total. The highest BCUT2D eigenvalue weighted by Crippen LogP contribution is 2.32. The number of nitrogens with one attached hydrogen (secondary N) is 1. The van der Waals surface area contributed by atoms with Crippen LogP contribution in [0, 0.1) is 5.82 Å². The van der Waals surface area contributed by atoms with Crippen molar-refractivity contribution in [2.75, 3.05) is 5.32 Å². The Morgan fingerprint density at radius 2 is 2.00 bits per heavy atom.